The predicted molar refractivity (Wildman–Crippen MR) is 64.1 cm³/mol. The highest BCUT2D eigenvalue weighted by molar-refractivity contribution is 7.90. The zero-order valence-electron chi connectivity index (χ0n) is 9.78. The third-order valence-electron chi connectivity index (χ3n) is 2.39. The molecular formula is C11H13FN2O2S. The van der Waals surface area contributed by atoms with Gasteiger partial charge in [-0.2, -0.15) is 8.42 Å². The molecule has 17 heavy (non-hydrogen) atoms. The number of anilines is 1. The highest BCUT2D eigenvalue weighted by atomic mass is 32.2. The molecular weight excluding hydrogens is 243 g/mol. The molecule has 0 spiro atoms. The number of halogens is 1. The molecule has 1 aromatic rings. The van der Waals surface area contributed by atoms with Crippen molar-refractivity contribution in [2.75, 3.05) is 5.32 Å². The van der Waals surface area contributed by atoms with Crippen LogP contribution in [0.1, 0.15) is 20.8 Å². The first-order valence-corrected chi connectivity index (χ1v) is 6.56. The van der Waals surface area contributed by atoms with Gasteiger partial charge in [-0.05, 0) is 18.2 Å². The van der Waals surface area contributed by atoms with Gasteiger partial charge in [0.15, 0.2) is 0 Å². The fourth-order valence-corrected chi connectivity index (χ4v) is 2.76. The summed E-state index contributed by atoms with van der Waals surface area (Å²) in [5, 5.41) is 2.86. The number of nitrogens with zero attached hydrogens (tertiary/aromatic N) is 1. The summed E-state index contributed by atoms with van der Waals surface area (Å²) in [6.07, 6.45) is 0. The van der Waals surface area contributed by atoms with Crippen molar-refractivity contribution in [3.05, 3.63) is 24.0 Å². The van der Waals surface area contributed by atoms with E-state index in [1.54, 1.807) is 0 Å². The van der Waals surface area contributed by atoms with Crippen LogP contribution in [-0.4, -0.2) is 14.3 Å². The van der Waals surface area contributed by atoms with E-state index >= 15 is 0 Å². The summed E-state index contributed by atoms with van der Waals surface area (Å²) < 4.78 is 40.6. The van der Waals surface area contributed by atoms with Crippen molar-refractivity contribution in [3.8, 4) is 0 Å². The van der Waals surface area contributed by atoms with Gasteiger partial charge in [-0.1, -0.05) is 20.8 Å². The number of sulfonamides is 1. The lowest BCUT2D eigenvalue weighted by atomic mass is 9.95. The zero-order chi connectivity index (χ0) is 12.8. The Bertz CT molecular complexity index is 600. The standard InChI is InChI=1S/C11H13FN2O2S/c1-11(2,3)10-13-8-6-7(12)4-5-9(8)17(15,16)14-10/h4-6H,1-3H3,(H,13,14). The highest BCUT2D eigenvalue weighted by Gasteiger charge is 2.30. The van der Waals surface area contributed by atoms with Crippen LogP contribution in [0.4, 0.5) is 10.1 Å². The Labute approximate surface area is 99.6 Å². The number of fused-ring (bicyclic) bond motifs is 1. The quantitative estimate of drug-likeness (QED) is 0.775. The third kappa shape index (κ3) is 2.17. The van der Waals surface area contributed by atoms with Crippen molar-refractivity contribution in [2.45, 2.75) is 25.7 Å². The number of amidine groups is 1. The van der Waals surface area contributed by atoms with Crippen LogP contribution < -0.4 is 5.32 Å². The SMILES string of the molecule is CC(C)(C)C1=NS(=O)(=O)c2ccc(F)cc2N1. The molecule has 0 atom stereocenters. The second kappa shape index (κ2) is 3.53. The lowest BCUT2D eigenvalue weighted by molar-refractivity contribution is 0.576. The molecule has 0 saturated heterocycles. The van der Waals surface area contributed by atoms with E-state index < -0.39 is 21.3 Å². The molecule has 4 nitrogen and oxygen atoms in total. The molecule has 1 aliphatic rings. The van der Waals surface area contributed by atoms with Gasteiger partial charge in [0.1, 0.15) is 16.5 Å². The first-order chi connectivity index (χ1) is 7.70. The molecule has 0 unspecified atom stereocenters. The van der Waals surface area contributed by atoms with Gasteiger partial charge in [0, 0.05) is 5.41 Å². The van der Waals surface area contributed by atoms with Crippen LogP contribution >= 0.6 is 0 Å². The second-order valence-corrected chi connectivity index (χ2v) is 6.50. The molecule has 1 aliphatic heterocycles. The Morgan fingerprint density at radius 2 is 1.94 bits per heavy atom. The zero-order valence-corrected chi connectivity index (χ0v) is 10.6. The Balaban J connectivity index is 2.63. The lowest BCUT2D eigenvalue weighted by Crippen LogP contribution is -2.32. The van der Waals surface area contributed by atoms with E-state index in [2.05, 4.69) is 9.71 Å². The predicted octanol–water partition coefficient (Wildman–Crippen LogP) is 2.38. The van der Waals surface area contributed by atoms with Gasteiger partial charge in [-0.15, -0.1) is 4.40 Å². The van der Waals surface area contributed by atoms with Crippen molar-refractivity contribution in [2.24, 2.45) is 9.81 Å². The van der Waals surface area contributed by atoms with Gasteiger partial charge in [-0.3, -0.25) is 0 Å². The van der Waals surface area contributed by atoms with E-state index in [0.29, 0.717) is 5.84 Å². The minimum atomic E-state index is -3.73. The summed E-state index contributed by atoms with van der Waals surface area (Å²) >= 11 is 0. The van der Waals surface area contributed by atoms with Gasteiger partial charge >= 0.3 is 0 Å². The van der Waals surface area contributed by atoms with Gasteiger partial charge in [0.2, 0.25) is 0 Å². The molecule has 1 heterocycles. The van der Waals surface area contributed by atoms with Crippen LogP contribution in [0.5, 0.6) is 0 Å². The van der Waals surface area contributed by atoms with E-state index in [1.807, 2.05) is 20.8 Å². The molecule has 1 N–H and O–H groups in total. The minimum Gasteiger partial charge on any atom is -0.341 e. The van der Waals surface area contributed by atoms with E-state index in [4.69, 9.17) is 0 Å². The fraction of sp³-hybridized carbons (Fsp3) is 0.364. The van der Waals surface area contributed by atoms with Crippen LogP contribution in [0.3, 0.4) is 0 Å². The topological polar surface area (TPSA) is 58.5 Å². The number of hydrogen-bond donors (Lipinski definition) is 1. The van der Waals surface area contributed by atoms with Gasteiger partial charge in [0.05, 0.1) is 5.69 Å². The second-order valence-electron chi connectivity index (χ2n) is 4.93. The molecule has 0 radical (unpaired) electrons. The number of hydrogen-bond acceptors (Lipinski definition) is 3. The van der Waals surface area contributed by atoms with E-state index in [0.717, 1.165) is 12.1 Å². The summed E-state index contributed by atoms with van der Waals surface area (Å²) in [4.78, 5) is 0.00639. The minimum absolute atomic E-state index is 0.00639. The largest absolute Gasteiger partial charge is 0.341 e. The van der Waals surface area contributed by atoms with Crippen LogP contribution in [0.15, 0.2) is 27.5 Å². The third-order valence-corrected chi connectivity index (χ3v) is 3.73. The molecule has 92 valence electrons. The van der Waals surface area contributed by atoms with E-state index in [1.165, 1.54) is 6.07 Å². The van der Waals surface area contributed by atoms with Gasteiger partial charge in [0.25, 0.3) is 10.0 Å². The van der Waals surface area contributed by atoms with Crippen LogP contribution in [0.25, 0.3) is 0 Å². The summed E-state index contributed by atoms with van der Waals surface area (Å²) in [6.45, 7) is 5.50. The molecule has 1 aromatic carbocycles. The van der Waals surface area contributed by atoms with Crippen molar-refractivity contribution in [1.82, 2.24) is 0 Å². The molecule has 0 aromatic heterocycles. The first-order valence-electron chi connectivity index (χ1n) is 5.12. The van der Waals surface area contributed by atoms with E-state index in [9.17, 15) is 12.8 Å². The molecule has 6 heteroatoms. The van der Waals surface area contributed by atoms with Crippen LogP contribution in [0, 0.1) is 11.2 Å². The first kappa shape index (κ1) is 12.0. The van der Waals surface area contributed by atoms with Crippen molar-refractivity contribution < 1.29 is 12.8 Å². The Kier molecular flexibility index (Phi) is 2.50. The molecule has 0 aliphatic carbocycles. The normalized spacial score (nSPS) is 18.0. The average molecular weight is 256 g/mol. The fourth-order valence-electron chi connectivity index (χ4n) is 1.47. The maximum atomic E-state index is 13.1. The molecule has 2 rings (SSSR count). The van der Waals surface area contributed by atoms with Gasteiger partial charge < -0.3 is 5.32 Å². The lowest BCUT2D eigenvalue weighted by Gasteiger charge is -2.26. The summed E-state index contributed by atoms with van der Waals surface area (Å²) in [6, 6.07) is 3.49. The molecule has 0 saturated carbocycles. The maximum absolute atomic E-state index is 13.1. The smallest absolute Gasteiger partial charge is 0.286 e. The van der Waals surface area contributed by atoms with Gasteiger partial charge in [-0.25, -0.2) is 4.39 Å². The molecule has 0 fully saturated rings. The number of rotatable bonds is 0. The highest BCUT2D eigenvalue weighted by Crippen LogP contribution is 2.31. The van der Waals surface area contributed by atoms with Crippen molar-refractivity contribution >= 4 is 21.5 Å². The Morgan fingerprint density at radius 1 is 1.29 bits per heavy atom. The van der Waals surface area contributed by atoms with Crippen molar-refractivity contribution in [1.29, 1.82) is 0 Å². The average Bonchev–Trinajstić information content (AvgIpc) is 2.13. The maximum Gasteiger partial charge on any atom is 0.286 e. The monoisotopic (exact) mass is 256 g/mol. The Hall–Kier alpha value is -1.43. The summed E-state index contributed by atoms with van der Waals surface area (Å²) in [5.74, 6) is -0.169. The number of nitrogens with one attached hydrogen (secondary N) is 1. The van der Waals surface area contributed by atoms with E-state index in [-0.39, 0.29) is 10.6 Å². The molecule has 0 bridgehead atoms. The van der Waals surface area contributed by atoms with Crippen molar-refractivity contribution in [3.63, 3.8) is 0 Å². The number of benzene rings is 1. The van der Waals surface area contributed by atoms with Crippen LogP contribution in [0.2, 0.25) is 0 Å². The Morgan fingerprint density at radius 3 is 2.53 bits per heavy atom. The summed E-state index contributed by atoms with van der Waals surface area (Å²) in [5.41, 5.74) is -0.207. The summed E-state index contributed by atoms with van der Waals surface area (Å²) in [7, 11) is -3.73. The molecule has 0 amide bonds. The van der Waals surface area contributed by atoms with Crippen LogP contribution in [-0.2, 0) is 10.0 Å².